The summed E-state index contributed by atoms with van der Waals surface area (Å²) in [7, 11) is 0. The first kappa shape index (κ1) is 26.1. The third kappa shape index (κ3) is 4.98. The van der Waals surface area contributed by atoms with Gasteiger partial charge in [0.15, 0.2) is 5.82 Å². The Morgan fingerprint density at radius 1 is 1.12 bits per heavy atom. The van der Waals surface area contributed by atoms with Gasteiger partial charge >= 0.3 is 12.2 Å². The van der Waals surface area contributed by atoms with Crippen molar-refractivity contribution in [3.63, 3.8) is 0 Å². The molecule has 6 bridgehead atoms. The number of hydrogen-bond acceptors (Lipinski definition) is 11. The van der Waals surface area contributed by atoms with Crippen LogP contribution in [0.1, 0.15) is 18.4 Å². The molecule has 14 heteroatoms. The molecule has 41 heavy (non-hydrogen) atoms. The lowest BCUT2D eigenvalue weighted by molar-refractivity contribution is -0.00448. The Morgan fingerprint density at radius 3 is 2.90 bits per heavy atom. The second-order valence-corrected chi connectivity index (χ2v) is 10.5. The highest BCUT2D eigenvalue weighted by Gasteiger charge is 2.29. The number of hydrogen-bond donors (Lipinski definition) is 1. The van der Waals surface area contributed by atoms with Crippen molar-refractivity contribution in [2.75, 3.05) is 51.0 Å². The van der Waals surface area contributed by atoms with E-state index in [1.165, 1.54) is 0 Å². The Balaban J connectivity index is 1.46. The molecule has 1 N–H and O–H groups in total. The van der Waals surface area contributed by atoms with Crippen LogP contribution in [0.3, 0.4) is 0 Å². The summed E-state index contributed by atoms with van der Waals surface area (Å²) < 4.78 is 44.8. The van der Waals surface area contributed by atoms with Gasteiger partial charge in [0.2, 0.25) is 0 Å². The number of halogens is 2. The van der Waals surface area contributed by atoms with Gasteiger partial charge in [-0.15, -0.1) is 0 Å². The van der Waals surface area contributed by atoms with Crippen molar-refractivity contribution in [2.24, 2.45) is 0 Å². The van der Waals surface area contributed by atoms with E-state index in [0.717, 1.165) is 0 Å². The molecule has 2 fully saturated rings. The summed E-state index contributed by atoms with van der Waals surface area (Å²) in [6, 6.07) is 1.75. The van der Waals surface area contributed by atoms with Gasteiger partial charge in [0.1, 0.15) is 29.2 Å². The number of fused-ring (bicyclic) bond motifs is 7. The number of aromatic amines is 1. The van der Waals surface area contributed by atoms with Crippen molar-refractivity contribution in [3.05, 3.63) is 34.9 Å². The highest BCUT2D eigenvalue weighted by atomic mass is 35.5. The van der Waals surface area contributed by atoms with Crippen molar-refractivity contribution >= 4 is 45.4 Å². The molecule has 12 nitrogen and oxygen atoms in total. The monoisotopic (exact) mass is 584 g/mol. The average molecular weight is 585 g/mol. The lowest BCUT2D eigenvalue weighted by atomic mass is 9.95. The summed E-state index contributed by atoms with van der Waals surface area (Å²) in [4.78, 5) is 28.2. The summed E-state index contributed by atoms with van der Waals surface area (Å²) in [5, 5.41) is 8.49. The number of nitrogens with zero attached hydrogens (tertiary/aromatic N) is 5. The van der Waals surface area contributed by atoms with Crippen molar-refractivity contribution in [1.82, 2.24) is 25.1 Å². The molecule has 0 amide bonds. The largest absolute Gasteiger partial charge is 0.508 e. The highest BCUT2D eigenvalue weighted by molar-refractivity contribution is 6.33. The lowest BCUT2D eigenvalue weighted by Crippen LogP contribution is -2.36. The van der Waals surface area contributed by atoms with Crippen LogP contribution in [-0.4, -0.2) is 89.6 Å². The molecule has 2 saturated heterocycles. The molecular weight excluding hydrogens is 559 g/mol. The Bertz CT molecular complexity index is 1630. The van der Waals surface area contributed by atoms with Crippen LogP contribution in [0.25, 0.3) is 33.1 Å². The maximum Gasteiger partial charge on any atom is 0.508 e. The van der Waals surface area contributed by atoms with Crippen LogP contribution in [0.4, 0.5) is 15.0 Å². The molecule has 1 aromatic carbocycles. The number of carbonyl (C=O) groups excluding carboxylic acids is 1. The topological polar surface area (TPSA) is 134 Å². The average Bonchev–Trinajstić information content (AvgIpc) is 3.59. The van der Waals surface area contributed by atoms with Crippen molar-refractivity contribution < 1.29 is 32.9 Å². The van der Waals surface area contributed by atoms with Crippen molar-refractivity contribution in [2.45, 2.75) is 31.5 Å². The molecule has 3 aromatic heterocycles. The summed E-state index contributed by atoms with van der Waals surface area (Å²) in [5.41, 5.74) is 1.89. The van der Waals surface area contributed by atoms with Crippen molar-refractivity contribution in [3.8, 4) is 17.3 Å². The molecule has 0 saturated carbocycles. The van der Waals surface area contributed by atoms with Crippen LogP contribution in [0.2, 0.25) is 5.02 Å². The minimum atomic E-state index is -0.793. The molecule has 4 aliphatic heterocycles. The summed E-state index contributed by atoms with van der Waals surface area (Å²) in [6.07, 6.45) is 2.94. The predicted molar refractivity (Wildman–Crippen MR) is 145 cm³/mol. The van der Waals surface area contributed by atoms with Crippen molar-refractivity contribution in [1.29, 1.82) is 0 Å². The van der Waals surface area contributed by atoms with E-state index >= 15 is 4.39 Å². The van der Waals surface area contributed by atoms with Crippen LogP contribution in [0, 0.1) is 5.82 Å². The van der Waals surface area contributed by atoms with Gasteiger partial charge in [-0.05, 0) is 24.5 Å². The van der Waals surface area contributed by atoms with Crippen LogP contribution in [0.15, 0.2) is 18.5 Å². The molecule has 0 unspecified atom stereocenters. The molecule has 0 spiro atoms. The van der Waals surface area contributed by atoms with Gasteiger partial charge in [-0.25, -0.2) is 9.18 Å². The number of nitrogens with one attached hydrogen (secondary N) is 1. The van der Waals surface area contributed by atoms with E-state index in [4.69, 9.17) is 35.3 Å². The van der Waals surface area contributed by atoms with Gasteiger partial charge < -0.3 is 28.6 Å². The third-order valence-corrected chi connectivity index (χ3v) is 7.76. The second kappa shape index (κ2) is 10.9. The Kier molecular flexibility index (Phi) is 6.93. The Labute approximate surface area is 238 Å². The number of carbonyl (C=O) groups is 1. The first-order chi connectivity index (χ1) is 20.0. The quantitative estimate of drug-likeness (QED) is 0.344. The minimum absolute atomic E-state index is 0.0157. The van der Waals surface area contributed by atoms with E-state index in [2.05, 4.69) is 25.1 Å². The Hall–Kier alpha value is -3.81. The zero-order valence-electron chi connectivity index (χ0n) is 21.9. The van der Waals surface area contributed by atoms with Gasteiger partial charge in [-0.2, -0.15) is 15.1 Å². The zero-order chi connectivity index (χ0) is 27.9. The SMILES string of the molecule is O=C1OCCCc2c(Cl)cc3[nH]ncc3c2-c2ncc3c(nc(O[C@@H]4CCOC4)nc3c2F)N2CCOC[C@H](C2)O1. The highest BCUT2D eigenvalue weighted by Crippen LogP contribution is 2.40. The number of rotatable bonds is 2. The van der Waals surface area contributed by atoms with E-state index in [1.54, 1.807) is 18.5 Å². The van der Waals surface area contributed by atoms with Gasteiger partial charge in [-0.3, -0.25) is 10.1 Å². The number of pyridine rings is 1. The fourth-order valence-electron chi connectivity index (χ4n) is 5.48. The summed E-state index contributed by atoms with van der Waals surface area (Å²) >= 11 is 6.71. The molecule has 0 radical (unpaired) electrons. The molecule has 7 heterocycles. The molecule has 214 valence electrons. The number of ether oxygens (including phenoxy) is 5. The third-order valence-electron chi connectivity index (χ3n) is 7.43. The lowest BCUT2D eigenvalue weighted by Gasteiger charge is -2.26. The molecule has 4 aromatic rings. The van der Waals surface area contributed by atoms with Gasteiger partial charge in [0.05, 0.1) is 56.7 Å². The first-order valence-electron chi connectivity index (χ1n) is 13.5. The minimum Gasteiger partial charge on any atom is -0.458 e. The molecule has 8 rings (SSSR count). The van der Waals surface area contributed by atoms with Gasteiger partial charge in [0.25, 0.3) is 0 Å². The van der Waals surface area contributed by atoms with Crippen LogP contribution < -0.4 is 9.64 Å². The standard InChI is InChI=1S/C27H26ClFN6O6/c28-19-8-20-17(10-31-34-20)21-16(19)2-1-5-39-27(36)41-15-11-35(4-7-38-13-15)25-18-9-30-24(21)22(29)23(18)32-26(33-25)40-14-3-6-37-12-14/h8-10,14-15H,1-7,11-13H2,(H,31,34)/t14-,15+/m1/s1. The molecular formula is C27H26ClFN6O6. The number of H-pyrrole nitrogens is 1. The van der Waals surface area contributed by atoms with E-state index in [-0.39, 0.29) is 43.1 Å². The number of anilines is 1. The maximum absolute atomic E-state index is 16.7. The van der Waals surface area contributed by atoms with E-state index < -0.39 is 18.1 Å². The van der Waals surface area contributed by atoms with Crippen LogP contribution >= 0.6 is 11.6 Å². The van der Waals surface area contributed by atoms with Gasteiger partial charge in [0, 0.05) is 35.1 Å². The van der Waals surface area contributed by atoms with Gasteiger partial charge in [-0.1, -0.05) is 11.6 Å². The van der Waals surface area contributed by atoms with E-state index in [0.29, 0.717) is 83.9 Å². The molecule has 2 atom stereocenters. The van der Waals surface area contributed by atoms with E-state index in [9.17, 15) is 4.79 Å². The predicted octanol–water partition coefficient (Wildman–Crippen LogP) is 3.83. The van der Waals surface area contributed by atoms with Crippen LogP contribution in [0.5, 0.6) is 6.01 Å². The Morgan fingerprint density at radius 2 is 2.02 bits per heavy atom. The first-order valence-corrected chi connectivity index (χ1v) is 13.8. The summed E-state index contributed by atoms with van der Waals surface area (Å²) in [5.74, 6) is -0.247. The zero-order valence-corrected chi connectivity index (χ0v) is 22.7. The fourth-order valence-corrected chi connectivity index (χ4v) is 5.78. The normalized spacial score (nSPS) is 21.6. The fraction of sp³-hybridized carbons (Fsp3) is 0.444. The van der Waals surface area contributed by atoms with Crippen LogP contribution in [-0.2, 0) is 25.4 Å². The van der Waals surface area contributed by atoms with E-state index in [1.807, 2.05) is 4.90 Å². The second-order valence-electron chi connectivity index (χ2n) is 10.1. The number of benzene rings is 1. The molecule has 4 aliphatic rings. The molecule has 0 aliphatic carbocycles. The smallest absolute Gasteiger partial charge is 0.458 e. The number of aromatic nitrogens is 5. The summed E-state index contributed by atoms with van der Waals surface area (Å²) in [6.45, 7) is 2.20. The maximum atomic E-state index is 16.7.